The van der Waals surface area contributed by atoms with Crippen LogP contribution in [0.3, 0.4) is 0 Å². The molecule has 0 bridgehead atoms. The van der Waals surface area contributed by atoms with Crippen LogP contribution in [0.15, 0.2) is 73.1 Å². The Morgan fingerprint density at radius 1 is 0.963 bits per heavy atom. The highest BCUT2D eigenvalue weighted by atomic mass is 16.1. The molecule has 0 saturated heterocycles. The number of hydrogen-bond acceptors (Lipinski definition) is 4. The average molecular weight is 355 g/mol. The molecule has 6 nitrogen and oxygen atoms in total. The van der Waals surface area contributed by atoms with E-state index in [0.29, 0.717) is 18.4 Å². The molecule has 2 aromatic carbocycles. The molecular weight excluding hydrogens is 338 g/mol. The monoisotopic (exact) mass is 355 g/mol. The summed E-state index contributed by atoms with van der Waals surface area (Å²) in [5.41, 5.74) is 4.32. The number of para-hydroxylation sites is 1. The number of aromatic nitrogens is 5. The molecule has 5 rings (SSSR count). The lowest BCUT2D eigenvalue weighted by atomic mass is 9.92. The zero-order chi connectivity index (χ0) is 18.2. The van der Waals surface area contributed by atoms with Gasteiger partial charge >= 0.3 is 0 Å². The fourth-order valence-electron chi connectivity index (χ4n) is 3.64. The van der Waals surface area contributed by atoms with Gasteiger partial charge in [0.25, 0.3) is 0 Å². The van der Waals surface area contributed by atoms with E-state index >= 15 is 0 Å². The topological polar surface area (TPSA) is 65.6 Å². The van der Waals surface area contributed by atoms with Crippen molar-refractivity contribution in [2.24, 2.45) is 0 Å². The molecule has 1 unspecified atom stereocenters. The molecule has 132 valence electrons. The summed E-state index contributed by atoms with van der Waals surface area (Å²) in [7, 11) is 0. The molecule has 1 aliphatic carbocycles. The molecule has 4 aromatic rings. The van der Waals surface area contributed by atoms with Gasteiger partial charge in [-0.05, 0) is 18.6 Å². The zero-order valence-electron chi connectivity index (χ0n) is 14.6. The average Bonchev–Trinajstić information content (AvgIpc) is 3.38. The number of fused-ring (bicyclic) bond motifs is 1. The lowest BCUT2D eigenvalue weighted by molar-refractivity contribution is 0.0962. The smallest absolute Gasteiger partial charge is 0.166 e. The van der Waals surface area contributed by atoms with E-state index in [0.717, 1.165) is 22.6 Å². The van der Waals surface area contributed by atoms with Crippen molar-refractivity contribution >= 4 is 5.78 Å². The van der Waals surface area contributed by atoms with Gasteiger partial charge in [-0.15, -0.1) is 5.10 Å². The van der Waals surface area contributed by atoms with E-state index in [2.05, 4.69) is 15.4 Å². The molecule has 1 atom stereocenters. The van der Waals surface area contributed by atoms with Gasteiger partial charge in [0.2, 0.25) is 0 Å². The van der Waals surface area contributed by atoms with Crippen LogP contribution in [0.1, 0.15) is 34.9 Å². The maximum Gasteiger partial charge on any atom is 0.166 e. The Morgan fingerprint density at radius 2 is 1.70 bits per heavy atom. The van der Waals surface area contributed by atoms with Gasteiger partial charge in [0.05, 0.1) is 35.4 Å². The van der Waals surface area contributed by atoms with Crippen LogP contribution in [0.25, 0.3) is 16.9 Å². The van der Waals surface area contributed by atoms with Gasteiger partial charge in [-0.3, -0.25) is 4.79 Å². The van der Waals surface area contributed by atoms with Gasteiger partial charge in [0, 0.05) is 12.0 Å². The van der Waals surface area contributed by atoms with E-state index in [1.165, 1.54) is 0 Å². The number of nitrogens with zero attached hydrogens (tertiary/aromatic N) is 5. The van der Waals surface area contributed by atoms with Crippen molar-refractivity contribution in [3.8, 4) is 16.9 Å². The maximum atomic E-state index is 12.4. The van der Waals surface area contributed by atoms with Crippen LogP contribution >= 0.6 is 0 Å². The molecule has 0 aliphatic heterocycles. The third kappa shape index (κ3) is 2.66. The molecule has 0 spiro atoms. The van der Waals surface area contributed by atoms with Crippen molar-refractivity contribution in [2.45, 2.75) is 18.9 Å². The summed E-state index contributed by atoms with van der Waals surface area (Å²) in [6.45, 7) is 0. The van der Waals surface area contributed by atoms with Crippen LogP contribution in [-0.2, 0) is 0 Å². The van der Waals surface area contributed by atoms with Crippen molar-refractivity contribution in [1.29, 1.82) is 0 Å². The Labute approximate surface area is 156 Å². The lowest BCUT2D eigenvalue weighted by Gasteiger charge is -2.23. The van der Waals surface area contributed by atoms with E-state index in [1.807, 2.05) is 76.2 Å². The quantitative estimate of drug-likeness (QED) is 0.562. The van der Waals surface area contributed by atoms with E-state index in [4.69, 9.17) is 0 Å². The summed E-state index contributed by atoms with van der Waals surface area (Å²) < 4.78 is 3.70. The van der Waals surface area contributed by atoms with Crippen molar-refractivity contribution in [3.63, 3.8) is 0 Å². The second-order valence-corrected chi connectivity index (χ2v) is 6.62. The second-order valence-electron chi connectivity index (χ2n) is 6.62. The van der Waals surface area contributed by atoms with E-state index in [1.54, 1.807) is 6.20 Å². The molecule has 0 N–H and O–H groups in total. The zero-order valence-corrected chi connectivity index (χ0v) is 14.6. The molecule has 1 aliphatic rings. The van der Waals surface area contributed by atoms with Gasteiger partial charge < -0.3 is 0 Å². The van der Waals surface area contributed by atoms with Gasteiger partial charge in [-0.1, -0.05) is 53.7 Å². The van der Waals surface area contributed by atoms with Crippen LogP contribution in [0, 0.1) is 0 Å². The van der Waals surface area contributed by atoms with E-state index in [-0.39, 0.29) is 11.8 Å². The first-order valence-corrected chi connectivity index (χ1v) is 8.95. The first kappa shape index (κ1) is 15.7. The standard InChI is InChI=1S/C21H17N5O/c27-20-12-11-19(25-14-18(23-24-25)15-7-3-1-4-8-15)21-17(20)13-22-26(21)16-9-5-2-6-10-16/h1-10,13-14,19H,11-12H2. The third-order valence-electron chi connectivity index (χ3n) is 4.97. The molecule has 6 heteroatoms. The van der Waals surface area contributed by atoms with Crippen molar-refractivity contribution < 1.29 is 4.79 Å². The Hall–Kier alpha value is -3.54. The van der Waals surface area contributed by atoms with Gasteiger partial charge in [0.15, 0.2) is 5.78 Å². The number of hydrogen-bond donors (Lipinski definition) is 0. The normalized spacial score (nSPS) is 16.3. The highest BCUT2D eigenvalue weighted by Gasteiger charge is 2.32. The first-order chi connectivity index (χ1) is 13.3. The Morgan fingerprint density at radius 3 is 2.48 bits per heavy atom. The number of benzene rings is 2. The molecule has 2 aromatic heterocycles. The van der Waals surface area contributed by atoms with Gasteiger partial charge in [0.1, 0.15) is 5.69 Å². The molecule has 2 heterocycles. The highest BCUT2D eigenvalue weighted by molar-refractivity contribution is 5.98. The third-order valence-corrected chi connectivity index (χ3v) is 4.97. The van der Waals surface area contributed by atoms with Gasteiger partial charge in [-0.2, -0.15) is 5.10 Å². The number of ketones is 1. The van der Waals surface area contributed by atoms with Crippen LogP contribution in [0.4, 0.5) is 0 Å². The highest BCUT2D eigenvalue weighted by Crippen LogP contribution is 2.34. The number of rotatable bonds is 3. The molecule has 0 amide bonds. The van der Waals surface area contributed by atoms with E-state index in [9.17, 15) is 4.79 Å². The fraction of sp³-hybridized carbons (Fsp3) is 0.143. The summed E-state index contributed by atoms with van der Waals surface area (Å²) in [4.78, 5) is 12.4. The Bertz CT molecular complexity index is 1100. The SMILES string of the molecule is O=C1CCC(n2cc(-c3ccccc3)nn2)c2c1cnn2-c1ccccc1. The lowest BCUT2D eigenvalue weighted by Crippen LogP contribution is -2.23. The summed E-state index contributed by atoms with van der Waals surface area (Å²) in [6, 6.07) is 19.8. The van der Waals surface area contributed by atoms with Crippen molar-refractivity contribution in [1.82, 2.24) is 24.8 Å². The van der Waals surface area contributed by atoms with Crippen molar-refractivity contribution in [3.05, 3.63) is 84.3 Å². The number of carbonyl (C=O) groups is 1. The van der Waals surface area contributed by atoms with Crippen LogP contribution in [0.5, 0.6) is 0 Å². The van der Waals surface area contributed by atoms with Crippen LogP contribution < -0.4 is 0 Å². The van der Waals surface area contributed by atoms with Crippen LogP contribution in [0.2, 0.25) is 0 Å². The Kier molecular flexibility index (Phi) is 3.67. The maximum absolute atomic E-state index is 12.4. The minimum atomic E-state index is -0.0784. The molecule has 0 fully saturated rings. The molecule has 0 saturated carbocycles. The summed E-state index contributed by atoms with van der Waals surface area (Å²) in [6.07, 6.45) is 4.79. The minimum Gasteiger partial charge on any atom is -0.294 e. The summed E-state index contributed by atoms with van der Waals surface area (Å²) in [5.74, 6) is 0.131. The molecule has 0 radical (unpaired) electrons. The second kappa shape index (κ2) is 6.32. The number of carbonyl (C=O) groups excluding carboxylic acids is 1. The minimum absolute atomic E-state index is 0.0784. The summed E-state index contributed by atoms with van der Waals surface area (Å²) >= 11 is 0. The molecular formula is C21H17N5O. The predicted molar refractivity (Wildman–Crippen MR) is 101 cm³/mol. The predicted octanol–water partition coefficient (Wildman–Crippen LogP) is 3.70. The largest absolute Gasteiger partial charge is 0.294 e. The number of Topliss-reactive ketones (excluding diaryl/α,β-unsaturated/α-hetero) is 1. The first-order valence-electron chi connectivity index (χ1n) is 8.95. The van der Waals surface area contributed by atoms with E-state index < -0.39 is 0 Å². The van der Waals surface area contributed by atoms with Crippen LogP contribution in [-0.4, -0.2) is 30.6 Å². The van der Waals surface area contributed by atoms with Crippen molar-refractivity contribution in [2.75, 3.05) is 0 Å². The Balaban J connectivity index is 1.60. The molecule has 27 heavy (non-hydrogen) atoms. The van der Waals surface area contributed by atoms with Gasteiger partial charge in [-0.25, -0.2) is 9.36 Å². The summed E-state index contributed by atoms with van der Waals surface area (Å²) in [5, 5.41) is 13.2. The fourth-order valence-corrected chi connectivity index (χ4v) is 3.64.